The highest BCUT2D eigenvalue weighted by Crippen LogP contribution is 2.36. The summed E-state index contributed by atoms with van der Waals surface area (Å²) in [6, 6.07) is 3.26. The molecule has 0 unspecified atom stereocenters. The molecule has 5 nitrogen and oxygen atoms in total. The largest absolute Gasteiger partial charge is 0.486 e. The number of aryl methyl sites for hydroxylation is 1. The van der Waals surface area contributed by atoms with E-state index in [9.17, 15) is 31.5 Å². The number of methoxy groups -OCH3 is 1. The molecule has 1 aromatic carbocycles. The molecule has 0 bridgehead atoms. The zero-order chi connectivity index (χ0) is 18.5. The minimum absolute atomic E-state index is 0.0537. The molecule has 0 saturated heterocycles. The molecule has 0 aromatic heterocycles. The molecule has 0 amide bonds. The Balaban J connectivity index is 2.92. The molecular weight excluding hydrogens is 343 g/mol. The van der Waals surface area contributed by atoms with Crippen LogP contribution in [0.3, 0.4) is 0 Å². The van der Waals surface area contributed by atoms with E-state index in [0.29, 0.717) is 5.56 Å². The summed E-state index contributed by atoms with van der Waals surface area (Å²) in [7, 11) is 1.17. The maximum Gasteiger partial charge on any atom is 0.456 e. The van der Waals surface area contributed by atoms with Gasteiger partial charge >= 0.3 is 24.0 Å². The minimum atomic E-state index is -5.81. The number of alkyl halides is 5. The van der Waals surface area contributed by atoms with E-state index in [0.717, 1.165) is 12.1 Å². The fourth-order valence-electron chi connectivity index (χ4n) is 1.62. The van der Waals surface area contributed by atoms with Crippen molar-refractivity contribution in [3.63, 3.8) is 0 Å². The van der Waals surface area contributed by atoms with Gasteiger partial charge in [0.15, 0.2) is 6.61 Å². The molecule has 0 aliphatic rings. The lowest BCUT2D eigenvalue weighted by Gasteiger charge is -2.20. The number of halogens is 5. The van der Waals surface area contributed by atoms with Crippen molar-refractivity contribution < 1.29 is 46.1 Å². The number of carbonyl (C=O) groups is 2. The fraction of sp³-hybridized carbons (Fsp3) is 0.429. The average Bonchev–Trinajstić information content (AvgIpc) is 2.49. The van der Waals surface area contributed by atoms with E-state index in [4.69, 9.17) is 5.11 Å². The monoisotopic (exact) mass is 356 g/mol. The Labute approximate surface area is 133 Å². The van der Waals surface area contributed by atoms with Crippen molar-refractivity contribution in [3.05, 3.63) is 29.3 Å². The van der Waals surface area contributed by atoms with Gasteiger partial charge in [-0.3, -0.25) is 4.79 Å². The number of esters is 1. The second-order valence-electron chi connectivity index (χ2n) is 4.70. The molecule has 0 aliphatic heterocycles. The summed E-state index contributed by atoms with van der Waals surface area (Å²) in [4.78, 5) is 22.1. The van der Waals surface area contributed by atoms with E-state index in [2.05, 4.69) is 9.47 Å². The van der Waals surface area contributed by atoms with Crippen LogP contribution in [0.5, 0.6) is 5.75 Å². The van der Waals surface area contributed by atoms with Gasteiger partial charge in [-0.1, -0.05) is 6.07 Å². The van der Waals surface area contributed by atoms with Crippen LogP contribution in [0.2, 0.25) is 0 Å². The summed E-state index contributed by atoms with van der Waals surface area (Å²) in [6.07, 6.45) is -5.76. The van der Waals surface area contributed by atoms with Gasteiger partial charge in [0.05, 0.1) is 7.11 Å². The Bertz CT molecular complexity index is 612. The van der Waals surface area contributed by atoms with Crippen LogP contribution in [0, 0.1) is 0 Å². The minimum Gasteiger partial charge on any atom is -0.486 e. The number of carboxylic acids is 1. The van der Waals surface area contributed by atoms with Crippen LogP contribution in [-0.4, -0.2) is 42.9 Å². The summed E-state index contributed by atoms with van der Waals surface area (Å²) in [5.74, 6) is -7.86. The second-order valence-corrected chi connectivity index (χ2v) is 4.70. The van der Waals surface area contributed by atoms with Gasteiger partial charge in [0, 0.05) is 6.42 Å². The topological polar surface area (TPSA) is 72.8 Å². The van der Waals surface area contributed by atoms with Crippen LogP contribution >= 0.6 is 0 Å². The van der Waals surface area contributed by atoms with Crippen molar-refractivity contribution in [3.8, 4) is 5.75 Å². The summed E-state index contributed by atoms with van der Waals surface area (Å²) in [5.41, 5.74) is -0.233. The number of aromatic carboxylic acids is 1. The quantitative estimate of drug-likeness (QED) is 0.600. The molecule has 1 rings (SSSR count). The van der Waals surface area contributed by atoms with Gasteiger partial charge < -0.3 is 14.6 Å². The second kappa shape index (κ2) is 7.45. The lowest BCUT2D eigenvalue weighted by Crippen LogP contribution is -2.41. The number of hydrogen-bond donors (Lipinski definition) is 1. The molecule has 0 heterocycles. The maximum atomic E-state index is 12.8. The smallest absolute Gasteiger partial charge is 0.456 e. The molecule has 1 aromatic rings. The van der Waals surface area contributed by atoms with Gasteiger partial charge in [0.2, 0.25) is 0 Å². The van der Waals surface area contributed by atoms with Gasteiger partial charge in [-0.05, 0) is 24.1 Å². The Morgan fingerprint density at radius 1 is 1.17 bits per heavy atom. The summed E-state index contributed by atoms with van der Waals surface area (Å²) in [6.45, 7) is -2.04. The van der Waals surface area contributed by atoms with Crippen molar-refractivity contribution in [2.45, 2.75) is 24.9 Å². The number of carboxylic acid groups (broad SMARTS) is 1. The Morgan fingerprint density at radius 3 is 2.29 bits per heavy atom. The third-order valence-corrected chi connectivity index (χ3v) is 2.94. The zero-order valence-electron chi connectivity index (χ0n) is 12.3. The maximum absolute atomic E-state index is 12.8. The van der Waals surface area contributed by atoms with Crippen LogP contribution < -0.4 is 4.74 Å². The standard InChI is InChI=1S/C14H13F5O5/c1-23-11(20)5-3-8-2-4-10(9(6-8)12(21)22)24-7-13(15,16)14(17,18)19/h2,4,6H,3,5,7H2,1H3,(H,21,22). The Morgan fingerprint density at radius 2 is 1.79 bits per heavy atom. The molecule has 0 fully saturated rings. The molecule has 134 valence electrons. The number of carbonyl (C=O) groups excluding carboxylic acids is 1. The van der Waals surface area contributed by atoms with Crippen LogP contribution in [-0.2, 0) is 16.0 Å². The SMILES string of the molecule is COC(=O)CCc1ccc(OCC(F)(F)C(F)(F)F)c(C(=O)O)c1. The number of hydrogen-bond acceptors (Lipinski definition) is 4. The summed E-state index contributed by atoms with van der Waals surface area (Å²) in [5, 5.41) is 9.02. The van der Waals surface area contributed by atoms with Crippen molar-refractivity contribution in [2.75, 3.05) is 13.7 Å². The predicted octanol–water partition coefficient (Wildman–Crippen LogP) is 3.07. The molecule has 24 heavy (non-hydrogen) atoms. The van der Waals surface area contributed by atoms with Crippen LogP contribution in [0.25, 0.3) is 0 Å². The van der Waals surface area contributed by atoms with E-state index in [1.165, 1.54) is 13.2 Å². The zero-order valence-corrected chi connectivity index (χ0v) is 12.3. The third-order valence-electron chi connectivity index (χ3n) is 2.94. The number of ether oxygens (including phenoxy) is 2. The first-order chi connectivity index (χ1) is 11.0. The Kier molecular flexibility index (Phi) is 6.10. The molecule has 0 saturated carbocycles. The molecule has 0 radical (unpaired) electrons. The first-order valence-corrected chi connectivity index (χ1v) is 6.48. The first kappa shape index (κ1) is 19.7. The van der Waals surface area contributed by atoms with Crippen LogP contribution in [0.1, 0.15) is 22.3 Å². The van der Waals surface area contributed by atoms with E-state index in [-0.39, 0.29) is 12.8 Å². The van der Waals surface area contributed by atoms with Crippen LogP contribution in [0.15, 0.2) is 18.2 Å². The van der Waals surface area contributed by atoms with Crippen LogP contribution in [0.4, 0.5) is 22.0 Å². The van der Waals surface area contributed by atoms with E-state index in [1.807, 2.05) is 0 Å². The van der Waals surface area contributed by atoms with Crippen molar-refractivity contribution >= 4 is 11.9 Å². The van der Waals surface area contributed by atoms with Crippen molar-refractivity contribution in [1.29, 1.82) is 0 Å². The lowest BCUT2D eigenvalue weighted by molar-refractivity contribution is -0.290. The molecule has 0 aliphatic carbocycles. The molecule has 0 spiro atoms. The van der Waals surface area contributed by atoms with E-state index >= 15 is 0 Å². The van der Waals surface area contributed by atoms with Gasteiger partial charge in [-0.2, -0.15) is 22.0 Å². The van der Waals surface area contributed by atoms with Crippen molar-refractivity contribution in [1.82, 2.24) is 0 Å². The normalized spacial score (nSPS) is 11.9. The summed E-state index contributed by atoms with van der Waals surface area (Å²) < 4.78 is 70.7. The predicted molar refractivity (Wildman–Crippen MR) is 70.2 cm³/mol. The first-order valence-electron chi connectivity index (χ1n) is 6.48. The highest BCUT2D eigenvalue weighted by Gasteiger charge is 2.58. The number of benzene rings is 1. The van der Waals surface area contributed by atoms with E-state index in [1.54, 1.807) is 0 Å². The highest BCUT2D eigenvalue weighted by molar-refractivity contribution is 5.91. The molecule has 10 heteroatoms. The average molecular weight is 356 g/mol. The van der Waals surface area contributed by atoms with Gasteiger partial charge in [0.1, 0.15) is 11.3 Å². The summed E-state index contributed by atoms with van der Waals surface area (Å²) >= 11 is 0. The van der Waals surface area contributed by atoms with Gasteiger partial charge in [-0.15, -0.1) is 0 Å². The molecule has 0 atom stereocenters. The van der Waals surface area contributed by atoms with Gasteiger partial charge in [-0.25, -0.2) is 4.79 Å². The Hall–Kier alpha value is -2.39. The lowest BCUT2D eigenvalue weighted by atomic mass is 10.1. The molecular formula is C14H13F5O5. The van der Waals surface area contributed by atoms with Gasteiger partial charge in [0.25, 0.3) is 0 Å². The van der Waals surface area contributed by atoms with Crippen molar-refractivity contribution in [2.24, 2.45) is 0 Å². The fourth-order valence-corrected chi connectivity index (χ4v) is 1.62. The number of rotatable bonds is 7. The van der Waals surface area contributed by atoms with E-state index < -0.39 is 42.0 Å². The molecule has 1 N–H and O–H groups in total. The third kappa shape index (κ3) is 5.07. The highest BCUT2D eigenvalue weighted by atomic mass is 19.4.